The quantitative estimate of drug-likeness (QED) is 0.577. The van der Waals surface area contributed by atoms with Crippen LogP contribution in [0.2, 0.25) is 0 Å². The molecule has 0 aliphatic heterocycles. The normalized spacial score (nSPS) is 12.4. The predicted molar refractivity (Wildman–Crippen MR) is 103 cm³/mol. The molecule has 0 aliphatic rings. The minimum Gasteiger partial charge on any atom is -0.416 e. The molecule has 0 saturated carbocycles. The van der Waals surface area contributed by atoms with E-state index in [1.165, 1.54) is 11.1 Å². The smallest absolute Gasteiger partial charge is 0.248 e. The highest BCUT2D eigenvalue weighted by Gasteiger charge is 2.16. The Morgan fingerprint density at radius 1 is 0.560 bits per heavy atom. The first kappa shape index (κ1) is 17.4. The minimum atomic E-state index is 0.132. The van der Waals surface area contributed by atoms with Gasteiger partial charge in [0.1, 0.15) is 0 Å². The Morgan fingerprint density at radius 2 is 0.880 bits per heavy atom. The summed E-state index contributed by atoms with van der Waals surface area (Å²) in [6, 6.07) is 16.7. The van der Waals surface area contributed by atoms with Crippen LogP contribution in [0.3, 0.4) is 0 Å². The molecule has 25 heavy (non-hydrogen) atoms. The molecule has 0 atom stereocenters. The molecule has 0 amide bonds. The van der Waals surface area contributed by atoms with Gasteiger partial charge < -0.3 is 4.42 Å². The van der Waals surface area contributed by atoms with Gasteiger partial charge in [0.2, 0.25) is 11.8 Å². The highest BCUT2D eigenvalue weighted by molar-refractivity contribution is 5.58. The average Bonchev–Trinajstić information content (AvgIpc) is 3.03. The monoisotopic (exact) mass is 334 g/mol. The molecular formula is C22H26N2O. The lowest BCUT2D eigenvalue weighted by Crippen LogP contribution is -2.10. The Balaban J connectivity index is 1.85. The second kappa shape index (κ2) is 6.14. The molecular weight excluding hydrogens is 308 g/mol. The fraction of sp³-hybridized carbons (Fsp3) is 0.364. The lowest BCUT2D eigenvalue weighted by molar-refractivity contribution is 0.580. The molecule has 1 aromatic heterocycles. The molecule has 0 bridgehead atoms. The van der Waals surface area contributed by atoms with Crippen molar-refractivity contribution in [3.05, 3.63) is 59.7 Å². The first-order valence-corrected chi connectivity index (χ1v) is 8.70. The number of benzene rings is 2. The lowest BCUT2D eigenvalue weighted by Gasteiger charge is -2.18. The Kier molecular flexibility index (Phi) is 4.28. The SMILES string of the molecule is CC(C)(C)c1ccc(-c2nnc(-c3ccc(C(C)(C)C)cc3)o2)cc1. The van der Waals surface area contributed by atoms with Crippen molar-refractivity contribution in [1.29, 1.82) is 0 Å². The second-order valence-electron chi connectivity index (χ2n) is 8.57. The summed E-state index contributed by atoms with van der Waals surface area (Å²) in [5.41, 5.74) is 4.72. The third-order valence-corrected chi connectivity index (χ3v) is 4.42. The van der Waals surface area contributed by atoms with Crippen LogP contribution in [0.5, 0.6) is 0 Å². The van der Waals surface area contributed by atoms with Gasteiger partial charge in [-0.15, -0.1) is 10.2 Å². The zero-order valence-electron chi connectivity index (χ0n) is 15.9. The summed E-state index contributed by atoms with van der Waals surface area (Å²) in [5, 5.41) is 8.42. The van der Waals surface area contributed by atoms with Crippen LogP contribution in [0, 0.1) is 0 Å². The molecule has 3 nitrogen and oxygen atoms in total. The van der Waals surface area contributed by atoms with E-state index >= 15 is 0 Å². The number of nitrogens with zero attached hydrogens (tertiary/aromatic N) is 2. The first-order chi connectivity index (χ1) is 11.6. The van der Waals surface area contributed by atoms with Gasteiger partial charge in [-0.3, -0.25) is 0 Å². The number of hydrogen-bond acceptors (Lipinski definition) is 3. The predicted octanol–water partition coefficient (Wildman–Crippen LogP) is 6.00. The van der Waals surface area contributed by atoms with Gasteiger partial charge in [0.15, 0.2) is 0 Å². The molecule has 130 valence electrons. The molecule has 3 heteroatoms. The third-order valence-electron chi connectivity index (χ3n) is 4.42. The van der Waals surface area contributed by atoms with Crippen LogP contribution in [0.15, 0.2) is 52.9 Å². The Bertz CT molecular complexity index is 773. The van der Waals surface area contributed by atoms with Crippen LogP contribution < -0.4 is 0 Å². The van der Waals surface area contributed by atoms with E-state index in [1.807, 2.05) is 24.3 Å². The lowest BCUT2D eigenvalue weighted by atomic mass is 9.87. The zero-order chi connectivity index (χ0) is 18.2. The van der Waals surface area contributed by atoms with E-state index in [4.69, 9.17) is 4.42 Å². The zero-order valence-corrected chi connectivity index (χ0v) is 15.9. The van der Waals surface area contributed by atoms with E-state index in [-0.39, 0.29) is 10.8 Å². The highest BCUT2D eigenvalue weighted by Crippen LogP contribution is 2.29. The Labute approximate surface area is 150 Å². The van der Waals surface area contributed by atoms with E-state index in [0.717, 1.165) is 11.1 Å². The van der Waals surface area contributed by atoms with Gasteiger partial charge in [0.25, 0.3) is 0 Å². The summed E-state index contributed by atoms with van der Waals surface area (Å²) in [5.74, 6) is 1.10. The third kappa shape index (κ3) is 3.81. The molecule has 0 spiro atoms. The van der Waals surface area contributed by atoms with E-state index in [0.29, 0.717) is 11.8 Å². The van der Waals surface area contributed by atoms with Crippen molar-refractivity contribution in [2.45, 2.75) is 52.4 Å². The van der Waals surface area contributed by atoms with Crippen molar-refractivity contribution in [1.82, 2.24) is 10.2 Å². The van der Waals surface area contributed by atoms with Gasteiger partial charge in [-0.05, 0) is 46.2 Å². The number of rotatable bonds is 2. The summed E-state index contributed by atoms with van der Waals surface area (Å²) < 4.78 is 5.88. The van der Waals surface area contributed by atoms with Crippen molar-refractivity contribution >= 4 is 0 Å². The van der Waals surface area contributed by atoms with Crippen molar-refractivity contribution in [2.24, 2.45) is 0 Å². The summed E-state index contributed by atoms with van der Waals surface area (Å²) >= 11 is 0. The molecule has 0 N–H and O–H groups in total. The first-order valence-electron chi connectivity index (χ1n) is 8.70. The summed E-state index contributed by atoms with van der Waals surface area (Å²) in [4.78, 5) is 0. The maximum atomic E-state index is 5.88. The molecule has 3 aromatic rings. The van der Waals surface area contributed by atoms with Gasteiger partial charge in [-0.25, -0.2) is 0 Å². The summed E-state index contributed by atoms with van der Waals surface area (Å²) in [7, 11) is 0. The van der Waals surface area contributed by atoms with Crippen molar-refractivity contribution in [2.75, 3.05) is 0 Å². The standard InChI is InChI=1S/C22H26N2O/c1-21(2,3)17-11-7-15(8-12-17)19-23-24-20(25-19)16-9-13-18(14-10-16)22(4,5)6/h7-14H,1-6H3. The van der Waals surface area contributed by atoms with E-state index in [1.54, 1.807) is 0 Å². The number of aromatic nitrogens is 2. The van der Waals surface area contributed by atoms with Crippen LogP contribution in [0.1, 0.15) is 52.7 Å². The van der Waals surface area contributed by atoms with Crippen LogP contribution in [0.25, 0.3) is 22.9 Å². The minimum absolute atomic E-state index is 0.132. The highest BCUT2D eigenvalue weighted by atomic mass is 16.4. The van der Waals surface area contributed by atoms with Gasteiger partial charge in [-0.2, -0.15) is 0 Å². The molecule has 1 heterocycles. The van der Waals surface area contributed by atoms with Crippen LogP contribution in [-0.2, 0) is 10.8 Å². The maximum absolute atomic E-state index is 5.88. The van der Waals surface area contributed by atoms with Crippen molar-refractivity contribution < 1.29 is 4.42 Å². The fourth-order valence-electron chi connectivity index (χ4n) is 2.68. The van der Waals surface area contributed by atoms with E-state index < -0.39 is 0 Å². The summed E-state index contributed by atoms with van der Waals surface area (Å²) in [6.07, 6.45) is 0. The average molecular weight is 334 g/mol. The maximum Gasteiger partial charge on any atom is 0.248 e. The fourth-order valence-corrected chi connectivity index (χ4v) is 2.68. The Morgan fingerprint density at radius 3 is 1.16 bits per heavy atom. The van der Waals surface area contributed by atoms with Crippen molar-refractivity contribution in [3.63, 3.8) is 0 Å². The van der Waals surface area contributed by atoms with Crippen molar-refractivity contribution in [3.8, 4) is 22.9 Å². The molecule has 0 fully saturated rings. The largest absolute Gasteiger partial charge is 0.416 e. The summed E-state index contributed by atoms with van der Waals surface area (Å²) in [6.45, 7) is 13.2. The van der Waals surface area contributed by atoms with E-state index in [2.05, 4.69) is 76.0 Å². The molecule has 3 rings (SSSR count). The van der Waals surface area contributed by atoms with Gasteiger partial charge in [0.05, 0.1) is 0 Å². The van der Waals surface area contributed by atoms with Gasteiger partial charge in [0, 0.05) is 11.1 Å². The molecule has 0 aliphatic carbocycles. The molecule has 0 unspecified atom stereocenters. The Hall–Kier alpha value is -2.42. The van der Waals surface area contributed by atoms with Gasteiger partial charge >= 0.3 is 0 Å². The second-order valence-corrected chi connectivity index (χ2v) is 8.57. The van der Waals surface area contributed by atoms with Crippen LogP contribution >= 0.6 is 0 Å². The molecule has 2 aromatic carbocycles. The molecule has 0 radical (unpaired) electrons. The van der Waals surface area contributed by atoms with Crippen LogP contribution in [-0.4, -0.2) is 10.2 Å². The van der Waals surface area contributed by atoms with Gasteiger partial charge in [-0.1, -0.05) is 65.8 Å². The van der Waals surface area contributed by atoms with E-state index in [9.17, 15) is 0 Å². The topological polar surface area (TPSA) is 38.9 Å². The molecule has 0 saturated heterocycles. The van der Waals surface area contributed by atoms with Crippen LogP contribution in [0.4, 0.5) is 0 Å². The number of hydrogen-bond donors (Lipinski definition) is 0.